The summed E-state index contributed by atoms with van der Waals surface area (Å²) in [6.07, 6.45) is 0.991. The molecule has 96 valence electrons. The fourth-order valence-corrected chi connectivity index (χ4v) is 3.18. The third kappa shape index (κ3) is 1.60. The lowest BCUT2D eigenvalue weighted by Gasteiger charge is -2.10. The fraction of sp³-hybridized carbons (Fsp3) is 0.462. The van der Waals surface area contributed by atoms with Crippen molar-refractivity contribution < 1.29 is 0 Å². The molecule has 1 aliphatic heterocycles. The zero-order valence-electron chi connectivity index (χ0n) is 10.5. The van der Waals surface area contributed by atoms with Gasteiger partial charge in [-0.3, -0.25) is 9.13 Å². The summed E-state index contributed by atoms with van der Waals surface area (Å²) in [6, 6.07) is 4.03. The Hall–Kier alpha value is -1.26. The van der Waals surface area contributed by atoms with E-state index in [-0.39, 0.29) is 11.7 Å². The van der Waals surface area contributed by atoms with Gasteiger partial charge in [-0.15, -0.1) is 0 Å². The molecule has 0 bridgehead atoms. The molecule has 1 N–H and O–H groups in total. The SMILES string of the molecule is Cc1cc(Cl)cc2c1n(C)c(=O)n2C1CCNC1. The largest absolute Gasteiger partial charge is 0.329 e. The van der Waals surface area contributed by atoms with E-state index in [9.17, 15) is 4.79 Å². The molecule has 1 fully saturated rings. The maximum absolute atomic E-state index is 12.4. The van der Waals surface area contributed by atoms with Gasteiger partial charge in [0.05, 0.1) is 17.1 Å². The van der Waals surface area contributed by atoms with E-state index in [1.165, 1.54) is 0 Å². The molecule has 1 aromatic carbocycles. The Kier molecular flexibility index (Phi) is 2.72. The van der Waals surface area contributed by atoms with Crippen molar-refractivity contribution in [2.24, 2.45) is 7.05 Å². The molecule has 0 aliphatic carbocycles. The Labute approximate surface area is 110 Å². The van der Waals surface area contributed by atoms with Gasteiger partial charge < -0.3 is 5.32 Å². The molecular formula is C13H16ClN3O. The molecule has 1 unspecified atom stereocenters. The van der Waals surface area contributed by atoms with Crippen molar-refractivity contribution in [3.05, 3.63) is 33.2 Å². The number of aromatic nitrogens is 2. The van der Waals surface area contributed by atoms with Crippen molar-refractivity contribution in [3.63, 3.8) is 0 Å². The number of imidazole rings is 1. The summed E-state index contributed by atoms with van der Waals surface area (Å²) in [5.41, 5.74) is 3.02. The van der Waals surface area contributed by atoms with Crippen molar-refractivity contribution in [1.82, 2.24) is 14.5 Å². The lowest BCUT2D eigenvalue weighted by molar-refractivity contribution is 0.535. The second-order valence-electron chi connectivity index (χ2n) is 4.95. The second-order valence-corrected chi connectivity index (χ2v) is 5.39. The van der Waals surface area contributed by atoms with Gasteiger partial charge >= 0.3 is 5.69 Å². The van der Waals surface area contributed by atoms with E-state index < -0.39 is 0 Å². The van der Waals surface area contributed by atoms with Gasteiger partial charge in [0, 0.05) is 18.6 Å². The third-order valence-corrected chi connectivity index (χ3v) is 3.95. The van der Waals surface area contributed by atoms with E-state index in [4.69, 9.17) is 11.6 Å². The molecule has 18 heavy (non-hydrogen) atoms. The van der Waals surface area contributed by atoms with Gasteiger partial charge in [0.15, 0.2) is 0 Å². The summed E-state index contributed by atoms with van der Waals surface area (Å²) in [4.78, 5) is 12.4. The normalized spacial score (nSPS) is 19.8. The highest BCUT2D eigenvalue weighted by Gasteiger charge is 2.23. The van der Waals surface area contributed by atoms with Gasteiger partial charge in [-0.2, -0.15) is 0 Å². The summed E-state index contributed by atoms with van der Waals surface area (Å²) in [6.45, 7) is 3.81. The van der Waals surface area contributed by atoms with Gasteiger partial charge in [0.25, 0.3) is 0 Å². The zero-order chi connectivity index (χ0) is 12.9. The van der Waals surface area contributed by atoms with Crippen LogP contribution in [-0.2, 0) is 7.05 Å². The number of halogens is 1. The van der Waals surface area contributed by atoms with Crippen LogP contribution in [0.4, 0.5) is 0 Å². The highest BCUT2D eigenvalue weighted by atomic mass is 35.5. The summed E-state index contributed by atoms with van der Waals surface area (Å²) >= 11 is 6.12. The van der Waals surface area contributed by atoms with Gasteiger partial charge in [0.1, 0.15) is 0 Å². The average Bonchev–Trinajstić information content (AvgIpc) is 2.88. The highest BCUT2D eigenvalue weighted by molar-refractivity contribution is 6.31. The maximum Gasteiger partial charge on any atom is 0.329 e. The van der Waals surface area contributed by atoms with Crippen LogP contribution in [0.25, 0.3) is 11.0 Å². The molecule has 1 aromatic heterocycles. The number of hydrogen-bond donors (Lipinski definition) is 1. The molecule has 1 aliphatic rings. The first-order valence-corrected chi connectivity index (χ1v) is 6.55. The molecule has 0 radical (unpaired) electrons. The van der Waals surface area contributed by atoms with Crippen molar-refractivity contribution >= 4 is 22.6 Å². The highest BCUT2D eigenvalue weighted by Crippen LogP contribution is 2.26. The lowest BCUT2D eigenvalue weighted by atomic mass is 10.2. The number of fused-ring (bicyclic) bond motifs is 1. The quantitative estimate of drug-likeness (QED) is 0.855. The average molecular weight is 266 g/mol. The predicted octanol–water partition coefficient (Wildman–Crippen LogP) is 1.84. The Bertz CT molecular complexity index is 665. The number of nitrogens with zero attached hydrogens (tertiary/aromatic N) is 2. The molecule has 0 amide bonds. The van der Waals surface area contributed by atoms with Crippen LogP contribution in [-0.4, -0.2) is 22.2 Å². The van der Waals surface area contributed by atoms with Crippen LogP contribution < -0.4 is 11.0 Å². The predicted molar refractivity (Wildman–Crippen MR) is 73.4 cm³/mol. The van der Waals surface area contributed by atoms with E-state index in [2.05, 4.69) is 5.32 Å². The second kappa shape index (κ2) is 4.14. The van der Waals surface area contributed by atoms with E-state index in [0.29, 0.717) is 5.02 Å². The molecule has 0 spiro atoms. The smallest absolute Gasteiger partial charge is 0.315 e. The van der Waals surface area contributed by atoms with Crippen LogP contribution in [0.2, 0.25) is 5.02 Å². The van der Waals surface area contributed by atoms with Crippen LogP contribution >= 0.6 is 11.6 Å². The first-order valence-electron chi connectivity index (χ1n) is 6.17. The Morgan fingerprint density at radius 2 is 2.22 bits per heavy atom. The molecule has 1 saturated heterocycles. The van der Waals surface area contributed by atoms with Gasteiger partial charge in [-0.05, 0) is 37.6 Å². The van der Waals surface area contributed by atoms with E-state index >= 15 is 0 Å². The number of nitrogens with one attached hydrogen (secondary N) is 1. The van der Waals surface area contributed by atoms with E-state index in [0.717, 1.165) is 36.1 Å². The monoisotopic (exact) mass is 265 g/mol. The molecule has 5 heteroatoms. The lowest BCUT2D eigenvalue weighted by Crippen LogP contribution is -2.27. The summed E-state index contributed by atoms with van der Waals surface area (Å²) in [5.74, 6) is 0. The first kappa shape index (κ1) is 11.8. The summed E-state index contributed by atoms with van der Waals surface area (Å²) in [7, 11) is 1.82. The molecule has 1 atom stereocenters. The first-order chi connectivity index (χ1) is 8.59. The molecule has 3 rings (SSSR count). The Morgan fingerprint density at radius 3 is 2.89 bits per heavy atom. The summed E-state index contributed by atoms with van der Waals surface area (Å²) in [5, 5.41) is 3.98. The minimum Gasteiger partial charge on any atom is -0.315 e. The van der Waals surface area contributed by atoms with Gasteiger partial charge in [-0.25, -0.2) is 4.79 Å². The molecule has 0 saturated carbocycles. The maximum atomic E-state index is 12.4. The van der Waals surface area contributed by atoms with Crippen LogP contribution in [0.1, 0.15) is 18.0 Å². The number of rotatable bonds is 1. The molecular weight excluding hydrogens is 250 g/mol. The standard InChI is InChI=1S/C13H16ClN3O/c1-8-5-9(14)6-11-12(8)16(2)13(18)17(11)10-3-4-15-7-10/h5-6,10,15H,3-4,7H2,1-2H3. The third-order valence-electron chi connectivity index (χ3n) is 3.73. The van der Waals surface area contributed by atoms with E-state index in [1.807, 2.05) is 30.7 Å². The van der Waals surface area contributed by atoms with Crippen LogP contribution in [0, 0.1) is 6.92 Å². The topological polar surface area (TPSA) is 39.0 Å². The van der Waals surface area contributed by atoms with Crippen LogP contribution in [0.5, 0.6) is 0 Å². The molecule has 4 nitrogen and oxygen atoms in total. The van der Waals surface area contributed by atoms with Gasteiger partial charge in [0.2, 0.25) is 0 Å². The minimum atomic E-state index is 0.0454. The van der Waals surface area contributed by atoms with Gasteiger partial charge in [-0.1, -0.05) is 11.6 Å². The number of benzene rings is 1. The van der Waals surface area contributed by atoms with Crippen molar-refractivity contribution in [3.8, 4) is 0 Å². The van der Waals surface area contributed by atoms with Crippen molar-refractivity contribution in [2.75, 3.05) is 13.1 Å². The van der Waals surface area contributed by atoms with Crippen molar-refractivity contribution in [1.29, 1.82) is 0 Å². The molecule has 2 aromatic rings. The van der Waals surface area contributed by atoms with Crippen molar-refractivity contribution in [2.45, 2.75) is 19.4 Å². The number of aryl methyl sites for hydroxylation is 2. The Morgan fingerprint density at radius 1 is 1.44 bits per heavy atom. The summed E-state index contributed by atoms with van der Waals surface area (Å²) < 4.78 is 3.60. The van der Waals surface area contributed by atoms with Crippen LogP contribution in [0.3, 0.4) is 0 Å². The Balaban J connectivity index is 2.37. The minimum absolute atomic E-state index is 0.0454. The van der Waals surface area contributed by atoms with Crippen LogP contribution in [0.15, 0.2) is 16.9 Å². The zero-order valence-corrected chi connectivity index (χ0v) is 11.3. The fourth-order valence-electron chi connectivity index (χ4n) is 2.91. The number of hydrogen-bond acceptors (Lipinski definition) is 2. The molecule has 2 heterocycles. The van der Waals surface area contributed by atoms with E-state index in [1.54, 1.807) is 4.57 Å².